The van der Waals surface area contributed by atoms with Gasteiger partial charge in [-0.15, -0.1) is 0 Å². The van der Waals surface area contributed by atoms with Crippen molar-refractivity contribution in [2.24, 2.45) is 0 Å². The Bertz CT molecular complexity index is 478. The van der Waals surface area contributed by atoms with Crippen LogP contribution in [0.25, 0.3) is 0 Å². The van der Waals surface area contributed by atoms with E-state index in [9.17, 15) is 4.79 Å². The van der Waals surface area contributed by atoms with Gasteiger partial charge in [0.2, 0.25) is 5.91 Å². The molecule has 0 fully saturated rings. The Kier molecular flexibility index (Phi) is 4.53. The van der Waals surface area contributed by atoms with Crippen molar-refractivity contribution in [2.75, 3.05) is 7.05 Å². The third-order valence-corrected chi connectivity index (χ3v) is 3.63. The number of nitrogens with zero attached hydrogens (tertiary/aromatic N) is 1. The summed E-state index contributed by atoms with van der Waals surface area (Å²) in [6.07, 6.45) is 1.39. The van der Waals surface area contributed by atoms with E-state index in [0.29, 0.717) is 13.0 Å². The van der Waals surface area contributed by atoms with Crippen molar-refractivity contribution in [3.05, 3.63) is 58.3 Å². The largest absolute Gasteiger partial charge is 0.341 e. The first kappa shape index (κ1) is 12.8. The smallest absolute Gasteiger partial charge is 0.222 e. The zero-order valence-electron chi connectivity index (χ0n) is 10.5. The summed E-state index contributed by atoms with van der Waals surface area (Å²) in [6, 6.07) is 12.2. The third kappa shape index (κ3) is 3.70. The molecule has 1 heterocycles. The van der Waals surface area contributed by atoms with Crippen LogP contribution in [0.4, 0.5) is 0 Å². The molecule has 0 atom stereocenters. The lowest BCUT2D eigenvalue weighted by Crippen LogP contribution is -2.26. The van der Waals surface area contributed by atoms with E-state index in [0.717, 1.165) is 6.42 Å². The van der Waals surface area contributed by atoms with Crippen molar-refractivity contribution in [1.29, 1.82) is 0 Å². The highest BCUT2D eigenvalue weighted by atomic mass is 32.1. The van der Waals surface area contributed by atoms with Gasteiger partial charge in [-0.1, -0.05) is 30.3 Å². The summed E-state index contributed by atoms with van der Waals surface area (Å²) in [5.74, 6) is 0.199. The normalized spacial score (nSPS) is 10.3. The molecule has 1 aromatic carbocycles. The second-order valence-corrected chi connectivity index (χ2v) is 5.15. The summed E-state index contributed by atoms with van der Waals surface area (Å²) in [6.45, 7) is 0.705. The molecule has 0 N–H and O–H groups in total. The maximum atomic E-state index is 12.0. The molecule has 0 radical (unpaired) electrons. The van der Waals surface area contributed by atoms with Gasteiger partial charge in [-0.2, -0.15) is 11.3 Å². The number of aryl methyl sites for hydroxylation is 1. The third-order valence-electron chi connectivity index (χ3n) is 2.90. The molecule has 0 aliphatic heterocycles. The first-order valence-corrected chi connectivity index (χ1v) is 6.99. The molecule has 18 heavy (non-hydrogen) atoms. The number of carbonyl (C=O) groups is 1. The maximum Gasteiger partial charge on any atom is 0.222 e. The summed E-state index contributed by atoms with van der Waals surface area (Å²) in [7, 11) is 1.87. The van der Waals surface area contributed by atoms with Crippen LogP contribution in [-0.4, -0.2) is 17.9 Å². The predicted octanol–water partition coefficient (Wildman–Crippen LogP) is 3.34. The zero-order chi connectivity index (χ0) is 12.8. The highest BCUT2D eigenvalue weighted by molar-refractivity contribution is 7.07. The minimum absolute atomic E-state index is 0.199. The van der Waals surface area contributed by atoms with E-state index in [2.05, 4.69) is 23.6 Å². The van der Waals surface area contributed by atoms with Crippen molar-refractivity contribution >= 4 is 17.2 Å². The maximum absolute atomic E-state index is 12.0. The first-order valence-electron chi connectivity index (χ1n) is 6.04. The van der Waals surface area contributed by atoms with Crippen LogP contribution in [0.15, 0.2) is 47.2 Å². The minimum atomic E-state index is 0.199. The van der Waals surface area contributed by atoms with Gasteiger partial charge >= 0.3 is 0 Å². The standard InChI is InChI=1S/C15H17NOS/c1-16(11-14-9-10-18-12-14)15(17)8-7-13-5-3-2-4-6-13/h2-6,9-10,12H,7-8,11H2,1H3. The molecule has 1 aromatic heterocycles. The van der Waals surface area contributed by atoms with Crippen LogP contribution in [-0.2, 0) is 17.8 Å². The average molecular weight is 259 g/mol. The van der Waals surface area contributed by atoms with Gasteiger partial charge in [-0.3, -0.25) is 4.79 Å². The van der Waals surface area contributed by atoms with E-state index < -0.39 is 0 Å². The fraction of sp³-hybridized carbons (Fsp3) is 0.267. The van der Waals surface area contributed by atoms with Crippen LogP contribution in [0.1, 0.15) is 17.5 Å². The lowest BCUT2D eigenvalue weighted by Gasteiger charge is -2.16. The number of hydrogen-bond acceptors (Lipinski definition) is 2. The quantitative estimate of drug-likeness (QED) is 0.806. The van der Waals surface area contributed by atoms with E-state index >= 15 is 0 Å². The van der Waals surface area contributed by atoms with E-state index in [1.54, 1.807) is 16.2 Å². The summed E-state index contributed by atoms with van der Waals surface area (Å²) in [5.41, 5.74) is 2.42. The monoisotopic (exact) mass is 259 g/mol. The average Bonchev–Trinajstić information content (AvgIpc) is 2.90. The molecule has 2 rings (SSSR count). The number of rotatable bonds is 5. The van der Waals surface area contributed by atoms with Crippen LogP contribution < -0.4 is 0 Å². The summed E-state index contributed by atoms with van der Waals surface area (Å²) >= 11 is 1.67. The molecule has 0 saturated heterocycles. The van der Waals surface area contributed by atoms with Crippen molar-refractivity contribution in [2.45, 2.75) is 19.4 Å². The molecular weight excluding hydrogens is 242 g/mol. The molecule has 0 saturated carbocycles. The second-order valence-electron chi connectivity index (χ2n) is 4.37. The second kappa shape index (κ2) is 6.36. The minimum Gasteiger partial charge on any atom is -0.341 e. The molecule has 0 aliphatic rings. The highest BCUT2D eigenvalue weighted by Crippen LogP contribution is 2.10. The fourth-order valence-corrected chi connectivity index (χ4v) is 2.49. The summed E-state index contributed by atoms with van der Waals surface area (Å²) < 4.78 is 0. The van der Waals surface area contributed by atoms with Crippen LogP contribution in [0.3, 0.4) is 0 Å². The summed E-state index contributed by atoms with van der Waals surface area (Å²) in [5, 5.41) is 4.12. The number of carbonyl (C=O) groups excluding carboxylic acids is 1. The molecule has 2 aromatic rings. The molecular formula is C15H17NOS. The predicted molar refractivity (Wildman–Crippen MR) is 75.6 cm³/mol. The number of benzene rings is 1. The fourth-order valence-electron chi connectivity index (χ4n) is 1.83. The van der Waals surface area contributed by atoms with Crippen molar-refractivity contribution in [1.82, 2.24) is 4.90 Å². The van der Waals surface area contributed by atoms with Gasteiger partial charge in [0, 0.05) is 20.0 Å². The summed E-state index contributed by atoms with van der Waals surface area (Å²) in [4.78, 5) is 13.8. The highest BCUT2D eigenvalue weighted by Gasteiger charge is 2.09. The van der Waals surface area contributed by atoms with Crippen LogP contribution >= 0.6 is 11.3 Å². The number of hydrogen-bond donors (Lipinski definition) is 0. The Morgan fingerprint density at radius 1 is 1.17 bits per heavy atom. The Labute approximate surface area is 112 Å². The van der Waals surface area contributed by atoms with E-state index in [-0.39, 0.29) is 5.91 Å². The van der Waals surface area contributed by atoms with E-state index in [1.165, 1.54) is 11.1 Å². The van der Waals surface area contributed by atoms with Crippen LogP contribution in [0, 0.1) is 0 Å². The Hall–Kier alpha value is -1.61. The molecule has 1 amide bonds. The van der Waals surface area contributed by atoms with Crippen LogP contribution in [0.2, 0.25) is 0 Å². The Morgan fingerprint density at radius 2 is 1.94 bits per heavy atom. The molecule has 0 spiro atoms. The Morgan fingerprint density at radius 3 is 2.61 bits per heavy atom. The first-order chi connectivity index (χ1) is 8.75. The van der Waals surface area contributed by atoms with Gasteiger partial charge in [0.25, 0.3) is 0 Å². The molecule has 0 aliphatic carbocycles. The molecule has 0 bridgehead atoms. The number of amides is 1. The Balaban J connectivity index is 1.81. The molecule has 3 heteroatoms. The molecule has 2 nitrogen and oxygen atoms in total. The topological polar surface area (TPSA) is 20.3 Å². The van der Waals surface area contributed by atoms with Crippen LogP contribution in [0.5, 0.6) is 0 Å². The molecule has 94 valence electrons. The van der Waals surface area contributed by atoms with Crippen molar-refractivity contribution in [3.63, 3.8) is 0 Å². The van der Waals surface area contributed by atoms with E-state index in [4.69, 9.17) is 0 Å². The lowest BCUT2D eigenvalue weighted by atomic mass is 10.1. The SMILES string of the molecule is CN(Cc1ccsc1)C(=O)CCc1ccccc1. The number of thiophene rings is 1. The van der Waals surface area contributed by atoms with Gasteiger partial charge in [-0.05, 0) is 34.4 Å². The van der Waals surface area contributed by atoms with Gasteiger partial charge in [-0.25, -0.2) is 0 Å². The lowest BCUT2D eigenvalue weighted by molar-refractivity contribution is -0.130. The van der Waals surface area contributed by atoms with Gasteiger partial charge in [0.05, 0.1) is 0 Å². The zero-order valence-corrected chi connectivity index (χ0v) is 11.3. The van der Waals surface area contributed by atoms with Crippen molar-refractivity contribution in [3.8, 4) is 0 Å². The van der Waals surface area contributed by atoms with Gasteiger partial charge < -0.3 is 4.90 Å². The molecule has 0 unspecified atom stereocenters. The van der Waals surface area contributed by atoms with Crippen molar-refractivity contribution < 1.29 is 4.79 Å². The van der Waals surface area contributed by atoms with Gasteiger partial charge in [0.1, 0.15) is 0 Å². The van der Waals surface area contributed by atoms with E-state index in [1.807, 2.05) is 30.6 Å². The van der Waals surface area contributed by atoms with Gasteiger partial charge in [0.15, 0.2) is 0 Å².